The Kier molecular flexibility index (Phi) is 9.27. The Bertz CT molecular complexity index is 1590. The first-order valence-electron chi connectivity index (χ1n) is 15.3. The van der Waals surface area contributed by atoms with Gasteiger partial charge in [-0.3, -0.25) is 14.4 Å². The Morgan fingerprint density at radius 3 is 2.16 bits per heavy atom. The highest BCUT2D eigenvalue weighted by Gasteiger charge is 2.45. The van der Waals surface area contributed by atoms with Crippen LogP contribution in [0, 0.1) is 25.7 Å². The van der Waals surface area contributed by atoms with Crippen LogP contribution >= 0.6 is 11.8 Å². The van der Waals surface area contributed by atoms with Gasteiger partial charge in [0.15, 0.2) is 0 Å². The van der Waals surface area contributed by atoms with E-state index >= 15 is 0 Å². The molecule has 0 radical (unpaired) electrons. The number of carboxylic acid groups (broad SMARTS) is 2. The second-order valence-corrected chi connectivity index (χ2v) is 13.5. The van der Waals surface area contributed by atoms with Gasteiger partial charge in [0.2, 0.25) is 0 Å². The summed E-state index contributed by atoms with van der Waals surface area (Å²) in [5.74, 6) is -0.571. The van der Waals surface area contributed by atoms with E-state index in [1.165, 1.54) is 0 Å². The van der Waals surface area contributed by atoms with Gasteiger partial charge in [0.1, 0.15) is 6.23 Å². The van der Waals surface area contributed by atoms with Gasteiger partial charge in [-0.05, 0) is 73.9 Å². The number of hydrogen-bond acceptors (Lipinski definition) is 6. The number of allylic oxidation sites excluding steroid dienone is 2. The number of hydrogen-bond donors (Lipinski definition) is 6. The number of carboxylic acids is 2. The van der Waals surface area contributed by atoms with Gasteiger partial charge in [-0.2, -0.15) is 11.8 Å². The Balaban J connectivity index is 1.52. The lowest BCUT2D eigenvalue weighted by Crippen LogP contribution is -2.24. The number of nitrogens with one attached hydrogen (secondary N) is 3. The number of rotatable bonds is 13. The molecule has 2 fully saturated rings. The van der Waals surface area contributed by atoms with Crippen molar-refractivity contribution < 1.29 is 29.7 Å². The molecule has 11 heteroatoms. The molecule has 1 unspecified atom stereocenters. The third kappa shape index (κ3) is 6.44. The minimum absolute atomic E-state index is 0.0167. The third-order valence-electron chi connectivity index (χ3n) is 9.48. The number of H-pyrrole nitrogens is 2. The molecule has 1 amide bonds. The van der Waals surface area contributed by atoms with Crippen molar-refractivity contribution in [3.8, 4) is 0 Å². The van der Waals surface area contributed by atoms with Gasteiger partial charge in [0, 0.05) is 82.6 Å². The molecule has 44 heavy (non-hydrogen) atoms. The van der Waals surface area contributed by atoms with Crippen LogP contribution < -0.4 is 5.32 Å². The SMILES string of the molecule is CCC1=C(C)C(Cc2[nH]c(Cc3[nH]c(/C=C4\NC(O)[C@H](C)[C@H]4[C@H]4CS4)c(C)c3CCC(=O)O)c(CCC(=O)O)c2C)=NC1=O. The van der Waals surface area contributed by atoms with Gasteiger partial charge in [-0.15, -0.1) is 0 Å². The van der Waals surface area contributed by atoms with E-state index in [1.807, 2.05) is 39.5 Å². The molecule has 0 aromatic carbocycles. The summed E-state index contributed by atoms with van der Waals surface area (Å²) in [5, 5.41) is 33.3. The molecule has 0 saturated carbocycles. The van der Waals surface area contributed by atoms with Crippen LogP contribution in [0.2, 0.25) is 0 Å². The quantitative estimate of drug-likeness (QED) is 0.178. The van der Waals surface area contributed by atoms with Crippen molar-refractivity contribution in [3.05, 3.63) is 61.9 Å². The predicted molar refractivity (Wildman–Crippen MR) is 171 cm³/mol. The van der Waals surface area contributed by atoms with Gasteiger partial charge < -0.3 is 30.6 Å². The number of nitrogens with zero attached hydrogens (tertiary/aromatic N) is 1. The maximum atomic E-state index is 12.4. The minimum Gasteiger partial charge on any atom is -0.481 e. The fraction of sp³-hybridized carbons (Fsp3) is 0.515. The van der Waals surface area contributed by atoms with Gasteiger partial charge in [0.05, 0.1) is 5.71 Å². The molecular weight excluding hydrogens is 580 g/mol. The van der Waals surface area contributed by atoms with Crippen LogP contribution in [0.15, 0.2) is 21.8 Å². The molecule has 5 rings (SSSR count). The second kappa shape index (κ2) is 12.8. The zero-order valence-electron chi connectivity index (χ0n) is 26.0. The van der Waals surface area contributed by atoms with E-state index < -0.39 is 18.2 Å². The Morgan fingerprint density at radius 2 is 1.59 bits per heavy atom. The zero-order chi connectivity index (χ0) is 31.9. The minimum atomic E-state index is -0.883. The summed E-state index contributed by atoms with van der Waals surface area (Å²) < 4.78 is 0. The van der Waals surface area contributed by atoms with Gasteiger partial charge in [-0.25, -0.2) is 4.99 Å². The largest absolute Gasteiger partial charge is 0.481 e. The number of amides is 1. The van der Waals surface area contributed by atoms with E-state index in [9.17, 15) is 29.7 Å². The first-order chi connectivity index (χ1) is 20.9. The highest BCUT2D eigenvalue weighted by molar-refractivity contribution is 8.06. The lowest BCUT2D eigenvalue weighted by Gasteiger charge is -2.14. The zero-order valence-corrected chi connectivity index (χ0v) is 26.8. The van der Waals surface area contributed by atoms with E-state index in [0.29, 0.717) is 37.4 Å². The monoisotopic (exact) mass is 622 g/mol. The van der Waals surface area contributed by atoms with E-state index in [0.717, 1.165) is 73.3 Å². The van der Waals surface area contributed by atoms with Crippen LogP contribution in [0.4, 0.5) is 0 Å². The van der Waals surface area contributed by atoms with Gasteiger partial charge in [0.25, 0.3) is 5.91 Å². The molecule has 3 aliphatic rings. The number of aromatic amines is 2. The Morgan fingerprint density at radius 1 is 0.977 bits per heavy atom. The van der Waals surface area contributed by atoms with Crippen molar-refractivity contribution in [1.82, 2.24) is 15.3 Å². The molecule has 0 bridgehead atoms. The number of aliphatic hydroxyl groups is 1. The maximum absolute atomic E-state index is 12.4. The predicted octanol–water partition coefficient (Wildman–Crippen LogP) is 4.47. The number of carbonyl (C=O) groups is 3. The van der Waals surface area contributed by atoms with Crippen LogP contribution in [0.3, 0.4) is 0 Å². The molecule has 0 aliphatic carbocycles. The van der Waals surface area contributed by atoms with Crippen LogP contribution in [0.25, 0.3) is 6.08 Å². The number of aliphatic carboxylic acids is 2. The van der Waals surface area contributed by atoms with Gasteiger partial charge in [-0.1, -0.05) is 13.8 Å². The number of carbonyl (C=O) groups excluding carboxylic acids is 1. The second-order valence-electron chi connectivity index (χ2n) is 12.2. The number of aliphatic hydroxyl groups excluding tert-OH is 1. The number of thioether (sulfide) groups is 1. The average Bonchev–Trinajstić information content (AvgIpc) is 3.53. The first kappa shape index (κ1) is 31.8. The van der Waals surface area contributed by atoms with Crippen molar-refractivity contribution >= 4 is 41.4 Å². The maximum Gasteiger partial charge on any atom is 0.303 e. The van der Waals surface area contributed by atoms with Crippen LogP contribution in [0.5, 0.6) is 0 Å². The molecule has 6 N–H and O–H groups in total. The highest BCUT2D eigenvalue weighted by atomic mass is 32.2. The van der Waals surface area contributed by atoms with E-state index in [-0.39, 0.29) is 30.6 Å². The lowest BCUT2D eigenvalue weighted by molar-refractivity contribution is -0.138. The normalized spacial score (nSPS) is 23.9. The summed E-state index contributed by atoms with van der Waals surface area (Å²) in [7, 11) is 0. The van der Waals surface area contributed by atoms with Crippen molar-refractivity contribution in [2.45, 2.75) is 91.0 Å². The smallest absolute Gasteiger partial charge is 0.303 e. The van der Waals surface area contributed by atoms with E-state index in [1.54, 1.807) is 0 Å². The van der Waals surface area contributed by atoms with Crippen molar-refractivity contribution in [1.29, 1.82) is 0 Å². The van der Waals surface area contributed by atoms with Crippen LogP contribution in [0.1, 0.15) is 85.1 Å². The molecule has 10 nitrogen and oxygen atoms in total. The summed E-state index contributed by atoms with van der Waals surface area (Å²) in [6.45, 7) is 9.89. The lowest BCUT2D eigenvalue weighted by atomic mass is 9.91. The van der Waals surface area contributed by atoms with Gasteiger partial charge >= 0.3 is 11.9 Å². The first-order valence-corrected chi connectivity index (χ1v) is 16.4. The summed E-state index contributed by atoms with van der Waals surface area (Å²) in [4.78, 5) is 47.0. The van der Waals surface area contributed by atoms with E-state index in [2.05, 4.69) is 33.3 Å². The molecule has 2 aromatic heterocycles. The molecule has 4 atom stereocenters. The molecule has 5 heterocycles. The number of aromatic nitrogens is 2. The van der Waals surface area contributed by atoms with Crippen LogP contribution in [-0.4, -0.2) is 66.1 Å². The molecule has 3 aliphatic heterocycles. The molecule has 2 saturated heterocycles. The molecular formula is C33H42N4O6S. The fourth-order valence-corrected chi connectivity index (χ4v) is 7.68. The summed E-state index contributed by atoms with van der Waals surface area (Å²) in [6.07, 6.45) is 3.59. The molecule has 2 aromatic rings. The third-order valence-corrected chi connectivity index (χ3v) is 10.5. The Labute approximate surface area is 261 Å². The van der Waals surface area contributed by atoms with Crippen molar-refractivity contribution in [2.75, 3.05) is 5.75 Å². The highest BCUT2D eigenvalue weighted by Crippen LogP contribution is 2.47. The fourth-order valence-electron chi connectivity index (χ4n) is 6.76. The van der Waals surface area contributed by atoms with Crippen LogP contribution in [-0.2, 0) is 40.1 Å². The van der Waals surface area contributed by atoms with Crippen molar-refractivity contribution in [3.63, 3.8) is 0 Å². The summed E-state index contributed by atoms with van der Waals surface area (Å²) >= 11 is 1.89. The standard InChI is InChI=1S/C33H42N4O6S/c1-6-19-15(2)24(36-33(19)43)11-22-16(3)20(7-9-29(38)39)25(34-22)13-26-21(8-10-30(40)41)17(4)23(35-26)12-27-31(28-14-44-28)18(5)32(42)37-27/h12,18,28,31-32,34-35,37,42H,6-11,13-14H2,1-5H3,(H,38,39)(H,40,41)/b27-12-/t18-,28-,31-,32?/m1/s1. The van der Waals surface area contributed by atoms with E-state index in [4.69, 9.17) is 0 Å². The summed E-state index contributed by atoms with van der Waals surface area (Å²) in [6, 6.07) is 0. The van der Waals surface area contributed by atoms with Crippen molar-refractivity contribution in [2.24, 2.45) is 16.8 Å². The molecule has 0 spiro atoms. The number of aliphatic imine (C=N–C) groups is 1. The Hall–Kier alpha value is -3.57. The topological polar surface area (TPSA) is 168 Å². The average molecular weight is 623 g/mol. The molecule has 236 valence electrons. The summed E-state index contributed by atoms with van der Waals surface area (Å²) in [5.41, 5.74) is 10.6.